The number of nitriles is 1. The first-order chi connectivity index (χ1) is 8.76. The van der Waals surface area contributed by atoms with E-state index in [0.29, 0.717) is 5.56 Å². The third-order valence-electron chi connectivity index (χ3n) is 2.88. The van der Waals surface area contributed by atoms with Gasteiger partial charge in [0.2, 0.25) is 0 Å². The molecular weight excluding hydrogens is 242 g/mol. The summed E-state index contributed by atoms with van der Waals surface area (Å²) >= 11 is 1.72. The number of nitrogens with one attached hydrogen (secondary N) is 1. The predicted molar refractivity (Wildman–Crippen MR) is 74.2 cm³/mol. The Morgan fingerprint density at radius 2 is 1.94 bits per heavy atom. The minimum absolute atomic E-state index is 0.189. The van der Waals surface area contributed by atoms with Gasteiger partial charge in [0.25, 0.3) is 0 Å². The molecule has 0 fully saturated rings. The van der Waals surface area contributed by atoms with Gasteiger partial charge in [0, 0.05) is 16.3 Å². The summed E-state index contributed by atoms with van der Waals surface area (Å²) in [7, 11) is 0. The number of rotatable bonds is 1. The summed E-state index contributed by atoms with van der Waals surface area (Å²) in [4.78, 5) is 1.12. The van der Waals surface area contributed by atoms with Crippen molar-refractivity contribution in [2.75, 3.05) is 11.1 Å². The van der Waals surface area contributed by atoms with Crippen LogP contribution in [0.1, 0.15) is 16.5 Å². The van der Waals surface area contributed by atoms with E-state index in [1.807, 2.05) is 42.5 Å². The van der Waals surface area contributed by atoms with Crippen molar-refractivity contribution in [3.8, 4) is 6.07 Å². The lowest BCUT2D eigenvalue weighted by Gasteiger charge is -2.10. The van der Waals surface area contributed by atoms with Gasteiger partial charge in [-0.15, -0.1) is 0 Å². The zero-order chi connectivity index (χ0) is 12.5. The van der Waals surface area contributed by atoms with Crippen LogP contribution in [0.4, 0.5) is 11.4 Å². The van der Waals surface area contributed by atoms with Gasteiger partial charge in [-0.1, -0.05) is 23.9 Å². The molecule has 0 bridgehead atoms. The number of hydrogen-bond donors (Lipinski definition) is 2. The Morgan fingerprint density at radius 1 is 1.17 bits per heavy atom. The molecule has 1 aliphatic rings. The standard InChI is InChI=1S/C14H11N3S/c15-8-9-1-6-12-13(7-9)18-14(17-12)10-2-4-11(16)5-3-10/h1-7,14,17H,16H2. The highest BCUT2D eigenvalue weighted by Gasteiger charge is 2.22. The minimum Gasteiger partial charge on any atom is -0.399 e. The summed E-state index contributed by atoms with van der Waals surface area (Å²) in [6.45, 7) is 0. The second-order valence-electron chi connectivity index (χ2n) is 4.13. The van der Waals surface area contributed by atoms with Gasteiger partial charge in [0.1, 0.15) is 5.37 Å². The van der Waals surface area contributed by atoms with Gasteiger partial charge in [-0.25, -0.2) is 0 Å². The molecule has 2 aromatic rings. The highest BCUT2D eigenvalue weighted by Crippen LogP contribution is 2.46. The SMILES string of the molecule is N#Cc1ccc2c(c1)SC(c1ccc(N)cc1)N2. The largest absolute Gasteiger partial charge is 0.399 e. The Hall–Kier alpha value is -2.12. The second-order valence-corrected chi connectivity index (χ2v) is 5.28. The molecule has 0 spiro atoms. The van der Waals surface area contributed by atoms with E-state index in [-0.39, 0.29) is 5.37 Å². The molecule has 88 valence electrons. The lowest BCUT2D eigenvalue weighted by atomic mass is 10.2. The van der Waals surface area contributed by atoms with Crippen molar-refractivity contribution < 1.29 is 0 Å². The Labute approximate surface area is 110 Å². The average molecular weight is 253 g/mol. The van der Waals surface area contributed by atoms with E-state index >= 15 is 0 Å². The molecule has 1 atom stereocenters. The lowest BCUT2D eigenvalue weighted by molar-refractivity contribution is 1.13. The van der Waals surface area contributed by atoms with E-state index in [4.69, 9.17) is 11.0 Å². The van der Waals surface area contributed by atoms with Gasteiger partial charge < -0.3 is 11.1 Å². The first-order valence-electron chi connectivity index (χ1n) is 5.59. The number of nitrogens with two attached hydrogens (primary N) is 1. The normalized spacial score (nSPS) is 16.7. The van der Waals surface area contributed by atoms with Gasteiger partial charge in [-0.3, -0.25) is 0 Å². The molecule has 1 unspecified atom stereocenters. The van der Waals surface area contributed by atoms with Crippen LogP contribution in [0, 0.1) is 11.3 Å². The van der Waals surface area contributed by atoms with Gasteiger partial charge in [-0.05, 0) is 35.9 Å². The molecule has 0 aliphatic carbocycles. The van der Waals surface area contributed by atoms with Gasteiger partial charge in [-0.2, -0.15) is 5.26 Å². The average Bonchev–Trinajstić information content (AvgIpc) is 2.82. The van der Waals surface area contributed by atoms with Gasteiger partial charge in [0.05, 0.1) is 11.6 Å². The molecule has 0 aromatic heterocycles. The highest BCUT2D eigenvalue weighted by atomic mass is 32.2. The number of fused-ring (bicyclic) bond motifs is 1. The van der Waals surface area contributed by atoms with Crippen LogP contribution in [0.3, 0.4) is 0 Å². The molecule has 18 heavy (non-hydrogen) atoms. The lowest BCUT2D eigenvalue weighted by Crippen LogP contribution is -2.00. The predicted octanol–water partition coefficient (Wildman–Crippen LogP) is 3.36. The van der Waals surface area contributed by atoms with Gasteiger partial charge in [0.15, 0.2) is 0 Å². The van der Waals surface area contributed by atoms with E-state index in [1.54, 1.807) is 11.8 Å². The van der Waals surface area contributed by atoms with Crippen LogP contribution in [0.5, 0.6) is 0 Å². The third-order valence-corrected chi connectivity index (χ3v) is 4.10. The molecule has 3 rings (SSSR count). The van der Waals surface area contributed by atoms with Crippen LogP contribution in [-0.4, -0.2) is 0 Å². The van der Waals surface area contributed by atoms with Crippen LogP contribution in [0.2, 0.25) is 0 Å². The van der Waals surface area contributed by atoms with Crippen molar-refractivity contribution in [2.45, 2.75) is 10.3 Å². The maximum absolute atomic E-state index is 8.89. The molecule has 0 amide bonds. The molecule has 0 radical (unpaired) electrons. The molecular formula is C14H11N3S. The van der Waals surface area contributed by atoms with Crippen LogP contribution < -0.4 is 11.1 Å². The number of nitrogens with zero attached hydrogens (tertiary/aromatic N) is 1. The summed E-state index contributed by atoms with van der Waals surface area (Å²) in [6, 6.07) is 15.7. The van der Waals surface area contributed by atoms with Crippen molar-refractivity contribution in [1.29, 1.82) is 5.26 Å². The van der Waals surface area contributed by atoms with Crippen molar-refractivity contribution >= 4 is 23.1 Å². The Balaban J connectivity index is 1.89. The summed E-state index contributed by atoms with van der Waals surface area (Å²) in [5, 5.41) is 12.5. The fourth-order valence-corrected chi connectivity index (χ4v) is 3.11. The summed E-state index contributed by atoms with van der Waals surface area (Å²) in [5.74, 6) is 0. The fraction of sp³-hybridized carbons (Fsp3) is 0.0714. The van der Waals surface area contributed by atoms with Gasteiger partial charge >= 0.3 is 0 Å². The van der Waals surface area contributed by atoms with Crippen LogP contribution in [0.15, 0.2) is 47.4 Å². The van der Waals surface area contributed by atoms with Crippen molar-refractivity contribution in [2.24, 2.45) is 0 Å². The number of thioether (sulfide) groups is 1. The fourth-order valence-electron chi connectivity index (χ4n) is 1.93. The summed E-state index contributed by atoms with van der Waals surface area (Å²) < 4.78 is 0. The number of anilines is 2. The van der Waals surface area contributed by atoms with E-state index in [9.17, 15) is 0 Å². The van der Waals surface area contributed by atoms with Crippen molar-refractivity contribution in [3.05, 3.63) is 53.6 Å². The summed E-state index contributed by atoms with van der Waals surface area (Å²) in [5.41, 5.74) is 9.42. The Morgan fingerprint density at radius 3 is 2.67 bits per heavy atom. The van der Waals surface area contributed by atoms with E-state index in [0.717, 1.165) is 16.3 Å². The Bertz CT molecular complexity index is 628. The zero-order valence-electron chi connectivity index (χ0n) is 9.55. The molecule has 1 heterocycles. The summed E-state index contributed by atoms with van der Waals surface area (Å²) in [6.07, 6.45) is 0. The van der Waals surface area contributed by atoms with Crippen molar-refractivity contribution in [3.63, 3.8) is 0 Å². The van der Waals surface area contributed by atoms with Crippen molar-refractivity contribution in [1.82, 2.24) is 0 Å². The topological polar surface area (TPSA) is 61.8 Å². The monoisotopic (exact) mass is 253 g/mol. The Kier molecular flexibility index (Phi) is 2.62. The third kappa shape index (κ3) is 1.89. The molecule has 2 aromatic carbocycles. The van der Waals surface area contributed by atoms with E-state index in [2.05, 4.69) is 11.4 Å². The molecule has 3 nitrogen and oxygen atoms in total. The van der Waals surface area contributed by atoms with E-state index in [1.165, 1.54) is 5.56 Å². The quantitative estimate of drug-likeness (QED) is 0.765. The van der Waals surface area contributed by atoms with Crippen LogP contribution >= 0.6 is 11.8 Å². The number of nitrogen functional groups attached to an aromatic ring is 1. The molecule has 4 heteroatoms. The smallest absolute Gasteiger partial charge is 0.103 e. The number of benzene rings is 2. The number of hydrogen-bond acceptors (Lipinski definition) is 4. The minimum atomic E-state index is 0.189. The molecule has 3 N–H and O–H groups in total. The zero-order valence-corrected chi connectivity index (χ0v) is 10.4. The van der Waals surface area contributed by atoms with Crippen LogP contribution in [0.25, 0.3) is 0 Å². The maximum atomic E-state index is 8.89. The maximum Gasteiger partial charge on any atom is 0.103 e. The van der Waals surface area contributed by atoms with E-state index < -0.39 is 0 Å². The first kappa shape index (κ1) is 11.0. The molecule has 0 saturated carbocycles. The first-order valence-corrected chi connectivity index (χ1v) is 6.47. The van der Waals surface area contributed by atoms with Crippen LogP contribution in [-0.2, 0) is 0 Å². The molecule has 1 aliphatic heterocycles. The highest BCUT2D eigenvalue weighted by molar-refractivity contribution is 8.00. The second kappa shape index (κ2) is 4.28. The molecule has 0 saturated heterocycles.